The molecule has 1 aromatic carbocycles. The van der Waals surface area contributed by atoms with Crippen LogP contribution in [0.1, 0.15) is 42.4 Å². The summed E-state index contributed by atoms with van der Waals surface area (Å²) in [5.41, 5.74) is 7.48. The molecule has 3 rings (SSSR count). The molecule has 2 heterocycles. The number of amides is 1. The Morgan fingerprint density at radius 3 is 2.78 bits per heavy atom. The molecule has 1 atom stereocenters. The smallest absolute Gasteiger partial charge is 0.274 e. The van der Waals surface area contributed by atoms with Crippen LogP contribution in [-0.4, -0.2) is 46.7 Å². The fourth-order valence-corrected chi connectivity index (χ4v) is 2.90. The number of nitrogens with one attached hydrogen (secondary N) is 1. The molecular formula is C18H26ClN5O3. The van der Waals surface area contributed by atoms with Crippen molar-refractivity contribution in [1.82, 2.24) is 20.3 Å². The second kappa shape index (κ2) is 9.57. The molecule has 1 aliphatic heterocycles. The Morgan fingerprint density at radius 2 is 2.07 bits per heavy atom. The summed E-state index contributed by atoms with van der Waals surface area (Å²) < 4.78 is 12.8. The first-order chi connectivity index (χ1) is 12.6. The predicted molar refractivity (Wildman–Crippen MR) is 104 cm³/mol. The fraction of sp³-hybridized carbons (Fsp3) is 0.500. The number of nitrogens with zero attached hydrogens (tertiary/aromatic N) is 3. The Balaban J connectivity index is 0.00000261. The molecule has 148 valence electrons. The van der Waals surface area contributed by atoms with Gasteiger partial charge in [0.1, 0.15) is 13.2 Å². The van der Waals surface area contributed by atoms with E-state index in [1.54, 1.807) is 4.68 Å². The summed E-state index contributed by atoms with van der Waals surface area (Å²) in [5.74, 6) is 1.12. The van der Waals surface area contributed by atoms with Crippen LogP contribution in [-0.2, 0) is 0 Å². The van der Waals surface area contributed by atoms with E-state index in [1.165, 1.54) is 0 Å². The van der Waals surface area contributed by atoms with Gasteiger partial charge in [-0.05, 0) is 25.5 Å². The molecule has 1 aliphatic rings. The number of hydrogen-bond acceptors (Lipinski definition) is 6. The molecule has 0 saturated heterocycles. The summed E-state index contributed by atoms with van der Waals surface area (Å²) in [6, 6.07) is 5.48. The van der Waals surface area contributed by atoms with Gasteiger partial charge in [-0.25, -0.2) is 4.68 Å². The minimum atomic E-state index is -0.252. The summed E-state index contributed by atoms with van der Waals surface area (Å²) >= 11 is 0. The summed E-state index contributed by atoms with van der Waals surface area (Å²) in [5, 5.41) is 11.1. The lowest BCUT2D eigenvalue weighted by atomic mass is 10.1. The molecule has 27 heavy (non-hydrogen) atoms. The summed E-state index contributed by atoms with van der Waals surface area (Å²) in [6.07, 6.45) is 2.94. The highest BCUT2D eigenvalue weighted by Gasteiger charge is 2.21. The Kier molecular flexibility index (Phi) is 7.44. The third kappa shape index (κ3) is 4.70. The van der Waals surface area contributed by atoms with Gasteiger partial charge in [-0.2, -0.15) is 0 Å². The molecule has 0 bridgehead atoms. The zero-order chi connectivity index (χ0) is 18.5. The normalized spacial score (nSPS) is 13.6. The number of unbranched alkanes of at least 4 members (excludes halogenated alkanes) is 1. The van der Waals surface area contributed by atoms with Crippen LogP contribution in [0.2, 0.25) is 0 Å². The molecule has 2 aromatic rings. The molecule has 1 aromatic heterocycles. The second-order valence-electron chi connectivity index (χ2n) is 6.31. The first-order valence-electron chi connectivity index (χ1n) is 8.97. The lowest BCUT2D eigenvalue weighted by Gasteiger charge is -2.19. The summed E-state index contributed by atoms with van der Waals surface area (Å²) in [4.78, 5) is 12.5. The number of rotatable bonds is 7. The van der Waals surface area contributed by atoms with Crippen LogP contribution in [0.4, 0.5) is 0 Å². The molecular weight excluding hydrogens is 370 g/mol. The van der Waals surface area contributed by atoms with E-state index >= 15 is 0 Å². The predicted octanol–water partition coefficient (Wildman–Crippen LogP) is 2.02. The zero-order valence-electron chi connectivity index (χ0n) is 15.6. The van der Waals surface area contributed by atoms with E-state index in [2.05, 4.69) is 22.6 Å². The van der Waals surface area contributed by atoms with Crippen LogP contribution < -0.4 is 20.5 Å². The van der Waals surface area contributed by atoms with Crippen LogP contribution in [0.15, 0.2) is 18.2 Å². The molecule has 0 saturated carbocycles. The molecule has 0 radical (unpaired) electrons. The van der Waals surface area contributed by atoms with E-state index in [0.717, 1.165) is 24.9 Å². The standard InChI is InChI=1S/C18H25N5O3.ClH/c1-3-4-5-13(11-19)20-18(24)17-12(2)23(22-21-17)14-6-7-15-16(10-14)26-9-8-25-15;/h6-7,10,13H,3-5,8-9,11,19H2,1-2H3,(H,20,24);1H. The topological polar surface area (TPSA) is 104 Å². The Labute approximate surface area is 164 Å². The van der Waals surface area contributed by atoms with Crippen molar-refractivity contribution in [3.05, 3.63) is 29.6 Å². The number of carbonyl (C=O) groups is 1. The number of halogens is 1. The lowest BCUT2D eigenvalue weighted by molar-refractivity contribution is 0.0930. The van der Waals surface area contributed by atoms with E-state index in [0.29, 0.717) is 42.6 Å². The maximum atomic E-state index is 12.5. The fourth-order valence-electron chi connectivity index (χ4n) is 2.90. The van der Waals surface area contributed by atoms with Gasteiger partial charge >= 0.3 is 0 Å². The number of hydrogen-bond donors (Lipinski definition) is 2. The van der Waals surface area contributed by atoms with Gasteiger partial charge in [-0.15, -0.1) is 17.5 Å². The molecule has 9 heteroatoms. The van der Waals surface area contributed by atoms with Crippen LogP contribution in [0.3, 0.4) is 0 Å². The van der Waals surface area contributed by atoms with Crippen LogP contribution in [0, 0.1) is 6.92 Å². The molecule has 0 spiro atoms. The SMILES string of the molecule is CCCCC(CN)NC(=O)c1nnn(-c2ccc3c(c2)OCCO3)c1C.Cl. The average molecular weight is 396 g/mol. The van der Waals surface area contributed by atoms with E-state index < -0.39 is 0 Å². The number of carbonyl (C=O) groups excluding carboxylic acids is 1. The molecule has 8 nitrogen and oxygen atoms in total. The van der Waals surface area contributed by atoms with Crippen molar-refractivity contribution in [3.8, 4) is 17.2 Å². The van der Waals surface area contributed by atoms with Crippen molar-refractivity contribution in [1.29, 1.82) is 0 Å². The van der Waals surface area contributed by atoms with Gasteiger partial charge in [0.25, 0.3) is 5.91 Å². The Hall–Kier alpha value is -2.32. The molecule has 1 amide bonds. The average Bonchev–Trinajstić information content (AvgIpc) is 3.06. The van der Waals surface area contributed by atoms with Crippen molar-refractivity contribution in [2.24, 2.45) is 5.73 Å². The largest absolute Gasteiger partial charge is 0.486 e. The van der Waals surface area contributed by atoms with Crippen molar-refractivity contribution in [3.63, 3.8) is 0 Å². The monoisotopic (exact) mass is 395 g/mol. The van der Waals surface area contributed by atoms with E-state index in [9.17, 15) is 4.79 Å². The maximum Gasteiger partial charge on any atom is 0.274 e. The highest BCUT2D eigenvalue weighted by atomic mass is 35.5. The third-order valence-corrected chi connectivity index (χ3v) is 4.41. The van der Waals surface area contributed by atoms with Crippen molar-refractivity contribution >= 4 is 18.3 Å². The Morgan fingerprint density at radius 1 is 1.33 bits per heavy atom. The van der Waals surface area contributed by atoms with Crippen molar-refractivity contribution in [2.45, 2.75) is 39.2 Å². The quantitative estimate of drug-likeness (QED) is 0.743. The van der Waals surface area contributed by atoms with Crippen LogP contribution >= 0.6 is 12.4 Å². The molecule has 0 aliphatic carbocycles. The molecule has 3 N–H and O–H groups in total. The van der Waals surface area contributed by atoms with Gasteiger partial charge in [0.05, 0.1) is 11.4 Å². The van der Waals surface area contributed by atoms with Gasteiger partial charge < -0.3 is 20.5 Å². The van der Waals surface area contributed by atoms with Gasteiger partial charge in [0.15, 0.2) is 17.2 Å². The molecule has 0 fully saturated rings. The maximum absolute atomic E-state index is 12.5. The number of nitrogens with two attached hydrogens (primary N) is 1. The summed E-state index contributed by atoms with van der Waals surface area (Å²) in [7, 11) is 0. The van der Waals surface area contributed by atoms with Crippen LogP contribution in [0.25, 0.3) is 5.69 Å². The van der Waals surface area contributed by atoms with Crippen molar-refractivity contribution in [2.75, 3.05) is 19.8 Å². The van der Waals surface area contributed by atoms with Crippen molar-refractivity contribution < 1.29 is 14.3 Å². The molecule has 1 unspecified atom stereocenters. The lowest BCUT2D eigenvalue weighted by Crippen LogP contribution is -2.40. The van der Waals surface area contributed by atoms with E-state index in [1.807, 2.05) is 25.1 Å². The minimum absolute atomic E-state index is 0. The highest BCUT2D eigenvalue weighted by Crippen LogP contribution is 2.32. The zero-order valence-corrected chi connectivity index (χ0v) is 16.4. The van der Waals surface area contributed by atoms with E-state index in [-0.39, 0.29) is 24.4 Å². The highest BCUT2D eigenvalue weighted by molar-refractivity contribution is 5.93. The first-order valence-corrected chi connectivity index (χ1v) is 8.97. The summed E-state index contributed by atoms with van der Waals surface area (Å²) in [6.45, 7) is 5.38. The third-order valence-electron chi connectivity index (χ3n) is 4.41. The first kappa shape index (κ1) is 21.0. The van der Waals surface area contributed by atoms with E-state index in [4.69, 9.17) is 15.2 Å². The van der Waals surface area contributed by atoms with Gasteiger partial charge in [-0.3, -0.25) is 4.79 Å². The Bertz CT molecular complexity index is 780. The second-order valence-corrected chi connectivity index (χ2v) is 6.31. The van der Waals surface area contributed by atoms with Gasteiger partial charge in [0.2, 0.25) is 0 Å². The van der Waals surface area contributed by atoms with Gasteiger partial charge in [-0.1, -0.05) is 25.0 Å². The number of aromatic nitrogens is 3. The number of ether oxygens (including phenoxy) is 2. The number of benzene rings is 1. The van der Waals surface area contributed by atoms with Crippen LogP contribution in [0.5, 0.6) is 11.5 Å². The van der Waals surface area contributed by atoms with Gasteiger partial charge in [0, 0.05) is 18.7 Å². The number of fused-ring (bicyclic) bond motifs is 1. The minimum Gasteiger partial charge on any atom is -0.486 e.